The Morgan fingerprint density at radius 3 is 2.36 bits per heavy atom. The lowest BCUT2D eigenvalue weighted by Gasteiger charge is -2.26. The van der Waals surface area contributed by atoms with Crippen molar-refractivity contribution in [2.45, 2.75) is 19.4 Å². The smallest absolute Gasteiger partial charge is 0.223 e. The van der Waals surface area contributed by atoms with Crippen molar-refractivity contribution < 1.29 is 4.39 Å². The molecule has 3 aromatic rings. The van der Waals surface area contributed by atoms with E-state index in [-0.39, 0.29) is 5.82 Å². The maximum absolute atomic E-state index is 13.0. The van der Waals surface area contributed by atoms with E-state index in [0.29, 0.717) is 17.3 Å². The van der Waals surface area contributed by atoms with Gasteiger partial charge in [-0.1, -0.05) is 12.1 Å². The number of aromatic amines is 1. The molecule has 0 radical (unpaired) electrons. The molecule has 1 aromatic carbocycles. The Balaban J connectivity index is 1.78. The van der Waals surface area contributed by atoms with E-state index < -0.39 is 5.54 Å². The monoisotopic (exact) mass is 299 g/mol. The number of nitrogens with zero attached hydrogens (tertiary/aromatic N) is 5. The van der Waals surface area contributed by atoms with E-state index in [4.69, 9.17) is 0 Å². The van der Waals surface area contributed by atoms with E-state index in [9.17, 15) is 4.39 Å². The number of hydrogen-bond acceptors (Lipinski definition) is 6. The standard InChI is InChI=1S/C14H14FN7/c1-14(2,10-3-5-11(15)6-4-10)18-13-16-7-9(8-17-13)12-19-21-22-20-12/h3-8H,1-2H3,(H,16,17,18)(H,19,20,21,22). The van der Waals surface area contributed by atoms with Gasteiger partial charge in [-0.25, -0.2) is 14.4 Å². The fourth-order valence-electron chi connectivity index (χ4n) is 2.01. The summed E-state index contributed by atoms with van der Waals surface area (Å²) in [7, 11) is 0. The Bertz CT molecular complexity index is 736. The molecule has 0 atom stereocenters. The second kappa shape index (κ2) is 5.47. The zero-order valence-corrected chi connectivity index (χ0v) is 12.1. The summed E-state index contributed by atoms with van der Waals surface area (Å²) < 4.78 is 13.0. The van der Waals surface area contributed by atoms with E-state index in [1.165, 1.54) is 12.1 Å². The first kappa shape index (κ1) is 14.1. The van der Waals surface area contributed by atoms with Gasteiger partial charge >= 0.3 is 0 Å². The number of aromatic nitrogens is 6. The molecule has 0 amide bonds. The van der Waals surface area contributed by atoms with Gasteiger partial charge in [-0.2, -0.15) is 5.21 Å². The van der Waals surface area contributed by atoms with Gasteiger partial charge in [0.1, 0.15) is 5.82 Å². The van der Waals surface area contributed by atoms with Crippen LogP contribution in [0.4, 0.5) is 10.3 Å². The summed E-state index contributed by atoms with van der Waals surface area (Å²) in [6.07, 6.45) is 3.22. The Labute approximate surface area is 126 Å². The SMILES string of the molecule is CC(C)(Nc1ncc(-c2nn[nH]n2)cn1)c1ccc(F)cc1. The lowest BCUT2D eigenvalue weighted by atomic mass is 9.94. The molecular formula is C14H14FN7. The maximum atomic E-state index is 13.0. The van der Waals surface area contributed by atoms with Gasteiger partial charge in [-0.3, -0.25) is 0 Å². The summed E-state index contributed by atoms with van der Waals surface area (Å²) in [5.41, 5.74) is 1.15. The minimum atomic E-state index is -0.443. The molecule has 0 bridgehead atoms. The van der Waals surface area contributed by atoms with E-state index in [0.717, 1.165) is 5.56 Å². The van der Waals surface area contributed by atoms with Gasteiger partial charge < -0.3 is 5.32 Å². The van der Waals surface area contributed by atoms with Gasteiger partial charge in [0, 0.05) is 12.4 Å². The van der Waals surface area contributed by atoms with E-state index in [1.807, 2.05) is 13.8 Å². The third kappa shape index (κ3) is 2.90. The lowest BCUT2D eigenvalue weighted by Crippen LogP contribution is -2.29. The highest BCUT2D eigenvalue weighted by molar-refractivity contribution is 5.51. The summed E-state index contributed by atoms with van der Waals surface area (Å²) in [5.74, 6) is 0.631. The molecule has 8 heteroatoms. The summed E-state index contributed by atoms with van der Waals surface area (Å²) in [5, 5.41) is 16.8. The predicted molar refractivity (Wildman–Crippen MR) is 78.3 cm³/mol. The summed E-state index contributed by atoms with van der Waals surface area (Å²) in [6, 6.07) is 6.32. The third-order valence-electron chi connectivity index (χ3n) is 3.25. The Kier molecular flexibility index (Phi) is 3.50. The molecule has 0 aliphatic rings. The van der Waals surface area contributed by atoms with Crippen LogP contribution < -0.4 is 5.32 Å². The second-order valence-electron chi connectivity index (χ2n) is 5.29. The number of rotatable bonds is 4. The largest absolute Gasteiger partial charge is 0.345 e. The van der Waals surface area contributed by atoms with Gasteiger partial charge in [-0.15, -0.1) is 10.2 Å². The van der Waals surface area contributed by atoms with Crippen molar-refractivity contribution in [3.8, 4) is 11.4 Å². The third-order valence-corrected chi connectivity index (χ3v) is 3.25. The number of benzene rings is 1. The van der Waals surface area contributed by atoms with Crippen LogP contribution in [-0.4, -0.2) is 30.6 Å². The van der Waals surface area contributed by atoms with Crippen molar-refractivity contribution in [1.82, 2.24) is 30.6 Å². The molecule has 0 saturated heterocycles. The molecule has 2 aromatic heterocycles. The number of halogens is 1. The number of H-pyrrole nitrogens is 1. The molecule has 112 valence electrons. The zero-order valence-electron chi connectivity index (χ0n) is 12.1. The van der Waals surface area contributed by atoms with Crippen molar-refractivity contribution in [2.75, 3.05) is 5.32 Å². The first-order valence-electron chi connectivity index (χ1n) is 6.65. The quantitative estimate of drug-likeness (QED) is 0.767. The van der Waals surface area contributed by atoms with Crippen LogP contribution in [0.5, 0.6) is 0 Å². The molecule has 0 saturated carbocycles. The highest BCUT2D eigenvalue weighted by atomic mass is 19.1. The zero-order chi connectivity index (χ0) is 15.6. The van der Waals surface area contributed by atoms with Gasteiger partial charge in [0.2, 0.25) is 11.8 Å². The van der Waals surface area contributed by atoms with Crippen molar-refractivity contribution in [2.24, 2.45) is 0 Å². The average molecular weight is 299 g/mol. The topological polar surface area (TPSA) is 92.3 Å². The fraction of sp³-hybridized carbons (Fsp3) is 0.214. The van der Waals surface area contributed by atoms with Crippen LogP contribution in [0, 0.1) is 5.82 Å². The van der Waals surface area contributed by atoms with Crippen LogP contribution in [0.15, 0.2) is 36.7 Å². The summed E-state index contributed by atoms with van der Waals surface area (Å²) in [4.78, 5) is 8.49. The van der Waals surface area contributed by atoms with Crippen molar-refractivity contribution >= 4 is 5.95 Å². The minimum absolute atomic E-state index is 0.264. The van der Waals surface area contributed by atoms with E-state index in [2.05, 4.69) is 35.9 Å². The Morgan fingerprint density at radius 1 is 1.09 bits per heavy atom. The highest BCUT2D eigenvalue weighted by Crippen LogP contribution is 2.24. The van der Waals surface area contributed by atoms with Crippen molar-refractivity contribution in [3.05, 3.63) is 48.0 Å². The molecular weight excluding hydrogens is 285 g/mol. The molecule has 0 fully saturated rings. The lowest BCUT2D eigenvalue weighted by molar-refractivity contribution is 0.592. The number of hydrogen-bond donors (Lipinski definition) is 2. The van der Waals surface area contributed by atoms with Crippen LogP contribution in [0.2, 0.25) is 0 Å². The van der Waals surface area contributed by atoms with Gasteiger partial charge in [0.05, 0.1) is 11.1 Å². The average Bonchev–Trinajstić information content (AvgIpc) is 3.02. The maximum Gasteiger partial charge on any atom is 0.223 e. The molecule has 2 heterocycles. The number of anilines is 1. The van der Waals surface area contributed by atoms with Gasteiger partial charge in [0.15, 0.2) is 0 Å². The molecule has 7 nitrogen and oxygen atoms in total. The molecule has 0 aliphatic carbocycles. The van der Waals surface area contributed by atoms with Crippen LogP contribution in [0.1, 0.15) is 19.4 Å². The minimum Gasteiger partial charge on any atom is -0.345 e. The fourth-order valence-corrected chi connectivity index (χ4v) is 2.01. The predicted octanol–water partition coefficient (Wildman–Crippen LogP) is 2.14. The molecule has 3 rings (SSSR count). The summed E-state index contributed by atoms with van der Waals surface area (Å²) in [6.45, 7) is 3.94. The van der Waals surface area contributed by atoms with Gasteiger partial charge in [0.25, 0.3) is 0 Å². The van der Waals surface area contributed by atoms with Crippen molar-refractivity contribution in [1.29, 1.82) is 0 Å². The number of tetrazole rings is 1. The molecule has 2 N–H and O–H groups in total. The molecule has 0 aliphatic heterocycles. The Hall–Kier alpha value is -2.90. The second-order valence-corrected chi connectivity index (χ2v) is 5.29. The first-order valence-corrected chi connectivity index (χ1v) is 6.65. The molecule has 0 spiro atoms. The first-order chi connectivity index (χ1) is 10.5. The summed E-state index contributed by atoms with van der Waals surface area (Å²) >= 11 is 0. The number of nitrogens with one attached hydrogen (secondary N) is 2. The van der Waals surface area contributed by atoms with E-state index in [1.54, 1.807) is 24.5 Å². The van der Waals surface area contributed by atoms with Crippen LogP contribution in [-0.2, 0) is 5.54 Å². The normalized spacial score (nSPS) is 11.4. The Morgan fingerprint density at radius 2 is 1.77 bits per heavy atom. The molecule has 22 heavy (non-hydrogen) atoms. The van der Waals surface area contributed by atoms with Crippen molar-refractivity contribution in [3.63, 3.8) is 0 Å². The van der Waals surface area contributed by atoms with Crippen LogP contribution in [0.3, 0.4) is 0 Å². The van der Waals surface area contributed by atoms with E-state index >= 15 is 0 Å². The van der Waals surface area contributed by atoms with Gasteiger partial charge in [-0.05, 0) is 36.8 Å². The highest BCUT2D eigenvalue weighted by Gasteiger charge is 2.21. The molecule has 0 unspecified atom stereocenters. The van der Waals surface area contributed by atoms with Crippen LogP contribution in [0.25, 0.3) is 11.4 Å². The van der Waals surface area contributed by atoms with Crippen LogP contribution >= 0.6 is 0 Å².